The Morgan fingerprint density at radius 1 is 0.914 bits per heavy atom. The number of aryl methyl sites for hydroxylation is 1. The fraction of sp³-hybridized carbons (Fsp3) is 0.143. The van der Waals surface area contributed by atoms with Gasteiger partial charge in [0.1, 0.15) is 6.54 Å². The zero-order chi connectivity index (χ0) is 24.2. The first-order valence-electron chi connectivity index (χ1n) is 11.4. The standard InChI is InChI=1S/C28H24N4O2S/c1-20-23-14-8-9-15-24(23)27(34)32(30-20)18-26(33)31(17-16-21-10-4-2-5-11-21)28-29-25(19-35-28)22-12-6-3-7-13-22/h2-15,19H,16-18H2,1H3. The van der Waals surface area contributed by atoms with Crippen molar-refractivity contribution in [1.82, 2.24) is 14.8 Å². The van der Waals surface area contributed by atoms with Crippen LogP contribution in [0.2, 0.25) is 0 Å². The van der Waals surface area contributed by atoms with Gasteiger partial charge < -0.3 is 0 Å². The number of fused-ring (bicyclic) bond motifs is 1. The molecule has 5 aromatic rings. The Hall–Kier alpha value is -4.10. The van der Waals surface area contributed by atoms with E-state index in [4.69, 9.17) is 4.98 Å². The number of aromatic nitrogens is 3. The molecule has 0 atom stereocenters. The molecule has 3 aromatic carbocycles. The van der Waals surface area contributed by atoms with E-state index < -0.39 is 0 Å². The van der Waals surface area contributed by atoms with E-state index >= 15 is 0 Å². The van der Waals surface area contributed by atoms with Gasteiger partial charge in [-0.05, 0) is 25.0 Å². The maximum atomic E-state index is 13.6. The lowest BCUT2D eigenvalue weighted by atomic mass is 10.1. The Labute approximate surface area is 207 Å². The van der Waals surface area contributed by atoms with E-state index in [2.05, 4.69) is 5.10 Å². The number of nitrogens with zero attached hydrogens (tertiary/aromatic N) is 4. The third-order valence-electron chi connectivity index (χ3n) is 5.90. The monoisotopic (exact) mass is 480 g/mol. The van der Waals surface area contributed by atoms with Gasteiger partial charge in [-0.25, -0.2) is 9.67 Å². The van der Waals surface area contributed by atoms with Crippen LogP contribution < -0.4 is 10.5 Å². The SMILES string of the molecule is Cc1nn(CC(=O)N(CCc2ccccc2)c2nc(-c3ccccc3)cs2)c(=O)c2ccccc12. The minimum absolute atomic E-state index is 0.153. The summed E-state index contributed by atoms with van der Waals surface area (Å²) in [5.41, 5.74) is 3.38. The van der Waals surface area contributed by atoms with Gasteiger partial charge in [0.05, 0.1) is 16.8 Å². The fourth-order valence-electron chi connectivity index (χ4n) is 4.07. The van der Waals surface area contributed by atoms with Crippen molar-refractivity contribution in [2.24, 2.45) is 0 Å². The first-order valence-corrected chi connectivity index (χ1v) is 12.3. The van der Waals surface area contributed by atoms with Gasteiger partial charge in [0.25, 0.3) is 11.5 Å². The van der Waals surface area contributed by atoms with E-state index in [1.165, 1.54) is 16.0 Å². The van der Waals surface area contributed by atoms with Crippen molar-refractivity contribution in [1.29, 1.82) is 0 Å². The Balaban J connectivity index is 1.46. The van der Waals surface area contributed by atoms with Crippen molar-refractivity contribution < 1.29 is 4.79 Å². The van der Waals surface area contributed by atoms with E-state index in [-0.39, 0.29) is 18.0 Å². The van der Waals surface area contributed by atoms with Gasteiger partial charge in [-0.3, -0.25) is 14.5 Å². The van der Waals surface area contributed by atoms with Crippen molar-refractivity contribution in [3.63, 3.8) is 0 Å². The van der Waals surface area contributed by atoms with Crippen LogP contribution in [0.3, 0.4) is 0 Å². The topological polar surface area (TPSA) is 68.1 Å². The zero-order valence-corrected chi connectivity index (χ0v) is 20.1. The number of anilines is 1. The van der Waals surface area contributed by atoms with Crippen LogP contribution in [0.5, 0.6) is 0 Å². The lowest BCUT2D eigenvalue weighted by molar-refractivity contribution is -0.119. The maximum Gasteiger partial charge on any atom is 0.275 e. The number of rotatable bonds is 7. The number of benzene rings is 3. The molecule has 6 nitrogen and oxygen atoms in total. The van der Waals surface area contributed by atoms with Crippen LogP contribution in [0.25, 0.3) is 22.0 Å². The summed E-state index contributed by atoms with van der Waals surface area (Å²) in [5.74, 6) is -0.223. The van der Waals surface area contributed by atoms with Crippen LogP contribution in [0.15, 0.2) is 95.1 Å². The highest BCUT2D eigenvalue weighted by Crippen LogP contribution is 2.28. The first kappa shape index (κ1) is 22.7. The molecule has 7 heteroatoms. The maximum absolute atomic E-state index is 13.6. The minimum atomic E-state index is -0.272. The molecule has 0 aliphatic rings. The molecule has 35 heavy (non-hydrogen) atoms. The van der Waals surface area contributed by atoms with Gasteiger partial charge in [-0.1, -0.05) is 78.9 Å². The molecule has 2 aromatic heterocycles. The van der Waals surface area contributed by atoms with Crippen LogP contribution in [-0.4, -0.2) is 27.2 Å². The average molecular weight is 481 g/mol. The van der Waals surface area contributed by atoms with Crippen LogP contribution in [0.4, 0.5) is 5.13 Å². The molecule has 0 spiro atoms. The molecule has 0 unspecified atom stereocenters. The molecule has 1 amide bonds. The Morgan fingerprint density at radius 2 is 1.57 bits per heavy atom. The third-order valence-corrected chi connectivity index (χ3v) is 6.76. The Morgan fingerprint density at radius 3 is 2.31 bits per heavy atom. The molecule has 2 heterocycles. The van der Waals surface area contributed by atoms with E-state index in [0.717, 1.165) is 22.2 Å². The number of hydrogen-bond acceptors (Lipinski definition) is 5. The number of hydrogen-bond donors (Lipinski definition) is 0. The number of carbonyl (C=O) groups is 1. The molecule has 0 aliphatic carbocycles. The quantitative estimate of drug-likeness (QED) is 0.325. The summed E-state index contributed by atoms with van der Waals surface area (Å²) >= 11 is 1.42. The van der Waals surface area contributed by atoms with Gasteiger partial charge in [-0.15, -0.1) is 11.3 Å². The van der Waals surface area contributed by atoms with Gasteiger partial charge in [0, 0.05) is 22.9 Å². The van der Waals surface area contributed by atoms with Crippen LogP contribution in [0, 0.1) is 6.92 Å². The number of amides is 1. The molecule has 0 N–H and O–H groups in total. The molecule has 0 saturated carbocycles. The van der Waals surface area contributed by atoms with E-state index in [1.807, 2.05) is 91.2 Å². The average Bonchev–Trinajstić information content (AvgIpc) is 3.38. The summed E-state index contributed by atoms with van der Waals surface area (Å²) in [7, 11) is 0. The molecule has 0 radical (unpaired) electrons. The first-order chi connectivity index (χ1) is 17.1. The zero-order valence-electron chi connectivity index (χ0n) is 19.3. The van der Waals surface area contributed by atoms with Crippen molar-refractivity contribution in [3.05, 3.63) is 112 Å². The van der Waals surface area contributed by atoms with Gasteiger partial charge >= 0.3 is 0 Å². The number of thiazole rings is 1. The van der Waals surface area contributed by atoms with Crippen LogP contribution >= 0.6 is 11.3 Å². The largest absolute Gasteiger partial charge is 0.286 e. The molecule has 174 valence electrons. The second-order valence-corrected chi connectivity index (χ2v) is 9.09. The molecule has 0 saturated heterocycles. The van der Waals surface area contributed by atoms with E-state index in [1.54, 1.807) is 11.0 Å². The van der Waals surface area contributed by atoms with E-state index in [0.29, 0.717) is 29.2 Å². The van der Waals surface area contributed by atoms with Crippen LogP contribution in [0.1, 0.15) is 11.3 Å². The smallest absolute Gasteiger partial charge is 0.275 e. The molecular formula is C28H24N4O2S. The predicted octanol–water partition coefficient (Wildman–Crippen LogP) is 5.10. The Bertz CT molecular complexity index is 1530. The van der Waals surface area contributed by atoms with Crippen molar-refractivity contribution in [2.75, 3.05) is 11.4 Å². The highest BCUT2D eigenvalue weighted by atomic mass is 32.1. The minimum Gasteiger partial charge on any atom is -0.286 e. The summed E-state index contributed by atoms with van der Waals surface area (Å²) in [6.07, 6.45) is 0.673. The van der Waals surface area contributed by atoms with Gasteiger partial charge in [0.15, 0.2) is 5.13 Å². The highest BCUT2D eigenvalue weighted by molar-refractivity contribution is 7.14. The van der Waals surface area contributed by atoms with Gasteiger partial charge in [0.2, 0.25) is 0 Å². The van der Waals surface area contributed by atoms with Crippen molar-refractivity contribution in [3.8, 4) is 11.3 Å². The molecule has 0 aliphatic heterocycles. The lowest BCUT2D eigenvalue weighted by Gasteiger charge is -2.20. The summed E-state index contributed by atoms with van der Waals surface area (Å²) in [6, 6.07) is 27.3. The third kappa shape index (κ3) is 4.90. The second-order valence-electron chi connectivity index (χ2n) is 8.26. The number of carbonyl (C=O) groups excluding carboxylic acids is 1. The molecule has 0 fully saturated rings. The second kappa shape index (κ2) is 10.0. The summed E-state index contributed by atoms with van der Waals surface area (Å²) < 4.78 is 1.27. The summed E-state index contributed by atoms with van der Waals surface area (Å²) in [6.45, 7) is 2.15. The normalized spacial score (nSPS) is 11.0. The molecule has 5 rings (SSSR count). The van der Waals surface area contributed by atoms with Crippen molar-refractivity contribution >= 4 is 33.1 Å². The van der Waals surface area contributed by atoms with Crippen LogP contribution in [-0.2, 0) is 17.8 Å². The van der Waals surface area contributed by atoms with E-state index in [9.17, 15) is 9.59 Å². The van der Waals surface area contributed by atoms with Crippen molar-refractivity contribution in [2.45, 2.75) is 19.9 Å². The summed E-state index contributed by atoms with van der Waals surface area (Å²) in [4.78, 5) is 33.1. The Kier molecular flexibility index (Phi) is 6.50. The lowest BCUT2D eigenvalue weighted by Crippen LogP contribution is -2.39. The summed E-state index contributed by atoms with van der Waals surface area (Å²) in [5, 5.41) is 8.35. The van der Waals surface area contributed by atoms with Gasteiger partial charge in [-0.2, -0.15) is 5.10 Å². The molecule has 0 bridgehead atoms. The highest BCUT2D eigenvalue weighted by Gasteiger charge is 2.21. The predicted molar refractivity (Wildman–Crippen MR) is 141 cm³/mol. The molecular weight excluding hydrogens is 456 g/mol. The fourth-order valence-corrected chi connectivity index (χ4v) is 4.94.